The van der Waals surface area contributed by atoms with Crippen molar-refractivity contribution in [2.24, 2.45) is 5.10 Å². The fourth-order valence-corrected chi connectivity index (χ4v) is 4.85. The molecule has 0 bridgehead atoms. The molecule has 30 heavy (non-hydrogen) atoms. The van der Waals surface area contributed by atoms with Gasteiger partial charge in [0, 0.05) is 25.4 Å². The molecule has 0 radical (unpaired) electrons. The summed E-state index contributed by atoms with van der Waals surface area (Å²) in [6.45, 7) is 7.08. The van der Waals surface area contributed by atoms with E-state index in [1.54, 1.807) is 11.8 Å². The number of unbranched alkanes of at least 4 members (excludes halogenated alkanes) is 15. The normalized spacial score (nSPS) is 15.1. The SMILES string of the molecule is CCCCCCCCCCCCCCCCCCNC(=O)NN=C1SCCN1CC. The van der Waals surface area contributed by atoms with Gasteiger partial charge in [-0.3, -0.25) is 0 Å². The monoisotopic (exact) mass is 440 g/mol. The molecular formula is C24H48N4OS. The second-order valence-corrected chi connectivity index (χ2v) is 9.56. The van der Waals surface area contributed by atoms with Crippen LogP contribution in [0.1, 0.15) is 117 Å². The van der Waals surface area contributed by atoms with E-state index in [1.165, 1.54) is 96.3 Å². The molecule has 0 aromatic carbocycles. The molecule has 0 aromatic heterocycles. The number of rotatable bonds is 19. The third kappa shape index (κ3) is 15.0. The Balaban J connectivity index is 1.78. The molecule has 1 aliphatic rings. The van der Waals surface area contributed by atoms with Crippen LogP contribution in [0.5, 0.6) is 0 Å². The second kappa shape index (κ2) is 20.0. The number of carbonyl (C=O) groups is 1. The van der Waals surface area contributed by atoms with Gasteiger partial charge < -0.3 is 10.2 Å². The van der Waals surface area contributed by atoms with Gasteiger partial charge in [0.2, 0.25) is 0 Å². The summed E-state index contributed by atoms with van der Waals surface area (Å²) >= 11 is 1.70. The number of hydrazone groups is 1. The summed E-state index contributed by atoms with van der Waals surface area (Å²) in [6.07, 6.45) is 21.9. The molecule has 0 unspecified atom stereocenters. The first kappa shape index (κ1) is 27.1. The number of carbonyl (C=O) groups excluding carboxylic acids is 1. The van der Waals surface area contributed by atoms with Crippen molar-refractivity contribution in [1.29, 1.82) is 0 Å². The van der Waals surface area contributed by atoms with Gasteiger partial charge in [-0.05, 0) is 13.3 Å². The van der Waals surface area contributed by atoms with E-state index in [2.05, 4.69) is 34.6 Å². The zero-order valence-electron chi connectivity index (χ0n) is 19.9. The van der Waals surface area contributed by atoms with Crippen molar-refractivity contribution in [2.45, 2.75) is 117 Å². The third-order valence-electron chi connectivity index (χ3n) is 5.81. The number of nitrogens with zero attached hydrogens (tertiary/aromatic N) is 2. The lowest BCUT2D eigenvalue weighted by molar-refractivity contribution is 0.241. The number of urea groups is 1. The molecule has 2 N–H and O–H groups in total. The molecule has 176 valence electrons. The van der Waals surface area contributed by atoms with E-state index in [4.69, 9.17) is 0 Å². The Morgan fingerprint density at radius 3 is 1.83 bits per heavy atom. The molecule has 5 nitrogen and oxygen atoms in total. The van der Waals surface area contributed by atoms with Crippen molar-refractivity contribution in [2.75, 3.05) is 25.4 Å². The Morgan fingerprint density at radius 2 is 1.33 bits per heavy atom. The van der Waals surface area contributed by atoms with E-state index < -0.39 is 0 Å². The smallest absolute Gasteiger partial charge is 0.335 e. The Labute approximate surface area is 190 Å². The van der Waals surface area contributed by atoms with Gasteiger partial charge in [-0.2, -0.15) is 0 Å². The number of amidine groups is 1. The molecule has 2 amide bonds. The van der Waals surface area contributed by atoms with Crippen molar-refractivity contribution in [3.63, 3.8) is 0 Å². The van der Waals surface area contributed by atoms with Crippen LogP contribution in [0.4, 0.5) is 4.79 Å². The molecule has 0 saturated carbocycles. The van der Waals surface area contributed by atoms with Crippen LogP contribution in [0.3, 0.4) is 0 Å². The Hall–Kier alpha value is -0.910. The highest BCUT2D eigenvalue weighted by Gasteiger charge is 2.17. The van der Waals surface area contributed by atoms with Crippen molar-refractivity contribution in [1.82, 2.24) is 15.6 Å². The van der Waals surface area contributed by atoms with Gasteiger partial charge in [-0.15, -0.1) is 5.10 Å². The average Bonchev–Trinajstić information content (AvgIpc) is 3.22. The molecule has 1 heterocycles. The molecule has 1 fully saturated rings. The van der Waals surface area contributed by atoms with Crippen LogP contribution in [0.2, 0.25) is 0 Å². The highest BCUT2D eigenvalue weighted by molar-refractivity contribution is 8.14. The minimum Gasteiger partial charge on any atom is -0.349 e. The van der Waals surface area contributed by atoms with Gasteiger partial charge in [0.15, 0.2) is 5.17 Å². The van der Waals surface area contributed by atoms with Gasteiger partial charge in [0.05, 0.1) is 0 Å². The number of thioether (sulfide) groups is 1. The van der Waals surface area contributed by atoms with Crippen LogP contribution < -0.4 is 10.7 Å². The summed E-state index contributed by atoms with van der Waals surface area (Å²) in [4.78, 5) is 14.0. The lowest BCUT2D eigenvalue weighted by atomic mass is 10.0. The first-order chi connectivity index (χ1) is 14.8. The Kier molecular flexibility index (Phi) is 18.1. The fraction of sp³-hybridized carbons (Fsp3) is 0.917. The summed E-state index contributed by atoms with van der Waals surface area (Å²) in [7, 11) is 0. The molecule has 0 aromatic rings. The lowest BCUT2D eigenvalue weighted by Crippen LogP contribution is -2.35. The zero-order valence-corrected chi connectivity index (χ0v) is 20.7. The van der Waals surface area contributed by atoms with E-state index in [0.717, 1.165) is 37.0 Å². The highest BCUT2D eigenvalue weighted by Crippen LogP contribution is 2.16. The van der Waals surface area contributed by atoms with E-state index in [-0.39, 0.29) is 6.03 Å². The molecule has 1 saturated heterocycles. The van der Waals surface area contributed by atoms with Crippen LogP contribution in [0.25, 0.3) is 0 Å². The molecule has 0 spiro atoms. The summed E-state index contributed by atoms with van der Waals surface area (Å²) in [5.41, 5.74) is 2.62. The summed E-state index contributed by atoms with van der Waals surface area (Å²) in [5, 5.41) is 8.04. The van der Waals surface area contributed by atoms with Crippen molar-refractivity contribution >= 4 is 23.0 Å². The van der Waals surface area contributed by atoms with Gasteiger partial charge in [-0.1, -0.05) is 115 Å². The molecule has 6 heteroatoms. The molecule has 1 aliphatic heterocycles. The lowest BCUT2D eigenvalue weighted by Gasteiger charge is -2.14. The van der Waals surface area contributed by atoms with Gasteiger partial charge >= 0.3 is 6.03 Å². The average molecular weight is 441 g/mol. The summed E-state index contributed by atoms with van der Waals surface area (Å²) < 4.78 is 0. The summed E-state index contributed by atoms with van der Waals surface area (Å²) in [6, 6.07) is -0.188. The summed E-state index contributed by atoms with van der Waals surface area (Å²) in [5.74, 6) is 1.05. The quantitative estimate of drug-likeness (QED) is 0.170. The van der Waals surface area contributed by atoms with E-state index >= 15 is 0 Å². The maximum absolute atomic E-state index is 11.8. The number of nitrogens with one attached hydrogen (secondary N) is 2. The number of hydrogen-bond donors (Lipinski definition) is 2. The van der Waals surface area contributed by atoms with E-state index in [0.29, 0.717) is 0 Å². The van der Waals surface area contributed by atoms with Crippen LogP contribution in [-0.2, 0) is 0 Å². The van der Waals surface area contributed by atoms with Crippen molar-refractivity contribution in [3.05, 3.63) is 0 Å². The number of amides is 2. The van der Waals surface area contributed by atoms with Gasteiger partial charge in [-0.25, -0.2) is 10.2 Å². The molecular weight excluding hydrogens is 392 g/mol. The maximum atomic E-state index is 11.8. The van der Waals surface area contributed by atoms with Crippen molar-refractivity contribution in [3.8, 4) is 0 Å². The number of hydrogen-bond acceptors (Lipinski definition) is 3. The second-order valence-electron chi connectivity index (χ2n) is 8.49. The Bertz CT molecular complexity index is 445. The van der Waals surface area contributed by atoms with Crippen molar-refractivity contribution < 1.29 is 4.79 Å². The van der Waals surface area contributed by atoms with Crippen LogP contribution >= 0.6 is 11.8 Å². The van der Waals surface area contributed by atoms with Gasteiger partial charge in [0.1, 0.15) is 0 Å². The first-order valence-electron chi connectivity index (χ1n) is 12.8. The standard InChI is InChI=1S/C24H48N4OS/c1-3-5-6-7-8-9-10-11-12-13-14-15-16-17-18-19-20-25-23(29)26-27-24-28(4-2)21-22-30-24/h3-22H2,1-2H3,(H2,25,26,29). The molecule has 0 aliphatic carbocycles. The minimum absolute atomic E-state index is 0.188. The van der Waals surface area contributed by atoms with Gasteiger partial charge in [0.25, 0.3) is 0 Å². The van der Waals surface area contributed by atoms with Crippen LogP contribution in [0.15, 0.2) is 5.10 Å². The maximum Gasteiger partial charge on any atom is 0.335 e. The molecule has 0 atom stereocenters. The first-order valence-corrected chi connectivity index (χ1v) is 13.8. The zero-order chi connectivity index (χ0) is 21.7. The van der Waals surface area contributed by atoms with E-state index in [9.17, 15) is 4.79 Å². The predicted molar refractivity (Wildman–Crippen MR) is 133 cm³/mol. The fourth-order valence-electron chi connectivity index (χ4n) is 3.84. The molecule has 1 rings (SSSR count). The van der Waals surface area contributed by atoms with Crippen LogP contribution in [-0.4, -0.2) is 41.5 Å². The minimum atomic E-state index is -0.188. The highest BCUT2D eigenvalue weighted by atomic mass is 32.2. The topological polar surface area (TPSA) is 56.7 Å². The van der Waals surface area contributed by atoms with Crippen LogP contribution in [0, 0.1) is 0 Å². The third-order valence-corrected chi connectivity index (χ3v) is 6.81. The Morgan fingerprint density at radius 1 is 0.833 bits per heavy atom. The predicted octanol–water partition coefficient (Wildman–Crippen LogP) is 6.89. The largest absolute Gasteiger partial charge is 0.349 e. The van der Waals surface area contributed by atoms with E-state index in [1.807, 2.05) is 0 Å².